The van der Waals surface area contributed by atoms with Gasteiger partial charge in [-0.25, -0.2) is 0 Å². The summed E-state index contributed by atoms with van der Waals surface area (Å²) in [6.07, 6.45) is 0. The van der Waals surface area contributed by atoms with Crippen molar-refractivity contribution >= 4 is 18.5 Å². The monoisotopic (exact) mass is 168 g/mol. The molecule has 0 saturated heterocycles. The summed E-state index contributed by atoms with van der Waals surface area (Å²) in [6, 6.07) is 0. The molecular formula is C2H12Cl2P2. The SMILES string of the molecule is C[PH3+].C[PH3+].[Cl-].[Cl-]. The summed E-state index contributed by atoms with van der Waals surface area (Å²) in [5.74, 6) is 0. The second-order valence-corrected chi connectivity index (χ2v) is 0. The first kappa shape index (κ1) is 26.1. The van der Waals surface area contributed by atoms with Crippen LogP contribution in [-0.2, 0) is 0 Å². The number of rotatable bonds is 0. The molecule has 2 atom stereocenters. The number of hydrogen-bond acceptors (Lipinski definition) is 0. The van der Waals surface area contributed by atoms with Crippen LogP contribution in [-0.4, -0.2) is 13.3 Å². The third kappa shape index (κ3) is 51.7. The zero-order valence-corrected chi connectivity index (χ0v) is 8.51. The van der Waals surface area contributed by atoms with Crippen LogP contribution in [0, 0.1) is 0 Å². The lowest BCUT2D eigenvalue weighted by atomic mass is 12.0. The molecule has 0 saturated carbocycles. The molecule has 0 spiro atoms. The lowest BCUT2D eigenvalue weighted by Gasteiger charge is -1.00. The highest BCUT2D eigenvalue weighted by molar-refractivity contribution is 7.15. The minimum Gasteiger partial charge on any atom is -1.00 e. The van der Waals surface area contributed by atoms with Gasteiger partial charge in [0.15, 0.2) is 0 Å². The van der Waals surface area contributed by atoms with Gasteiger partial charge in [-0.3, -0.25) is 0 Å². The van der Waals surface area contributed by atoms with E-state index in [1.807, 2.05) is 31.8 Å². The van der Waals surface area contributed by atoms with Crippen molar-refractivity contribution in [2.24, 2.45) is 0 Å². The summed E-state index contributed by atoms with van der Waals surface area (Å²) >= 11 is 0. The molecule has 0 aromatic heterocycles. The van der Waals surface area contributed by atoms with Crippen molar-refractivity contribution in [2.45, 2.75) is 0 Å². The summed E-state index contributed by atoms with van der Waals surface area (Å²) in [6.45, 7) is 4.06. The molecule has 0 bridgehead atoms. The van der Waals surface area contributed by atoms with Crippen molar-refractivity contribution in [1.29, 1.82) is 0 Å². The minimum atomic E-state index is 0. The standard InChI is InChI=1S/2CH5P.2ClH/c2*1-2;;/h2*2H2,1H3;2*1H. The smallest absolute Gasteiger partial charge is 0.0421 e. The van der Waals surface area contributed by atoms with Crippen molar-refractivity contribution in [1.82, 2.24) is 0 Å². The Kier molecular flexibility index (Phi) is 399. The third-order valence-electron chi connectivity index (χ3n) is 0. The first-order valence-corrected chi connectivity index (χ1v) is 4.24. The Balaban J connectivity index is -0.00000000500. The zero-order valence-electron chi connectivity index (χ0n) is 4.17. The molecule has 0 fully saturated rings. The minimum absolute atomic E-state index is 0. The van der Waals surface area contributed by atoms with E-state index < -0.39 is 0 Å². The molecular weight excluding hydrogens is 157 g/mol. The molecule has 0 heterocycles. The molecule has 0 aromatic rings. The fourth-order valence-corrected chi connectivity index (χ4v) is 0. The highest BCUT2D eigenvalue weighted by Crippen LogP contribution is 1.46. The molecule has 4 heteroatoms. The Morgan fingerprint density at radius 2 is 0.667 bits per heavy atom. The molecule has 0 aliphatic heterocycles. The summed E-state index contributed by atoms with van der Waals surface area (Å²) in [5.41, 5.74) is 0. The van der Waals surface area contributed by atoms with Gasteiger partial charge < -0.3 is 24.8 Å². The second-order valence-electron chi connectivity index (χ2n) is 0. The Bertz CT molecular complexity index is 9.51. The highest BCUT2D eigenvalue weighted by atomic mass is 35.5. The van der Waals surface area contributed by atoms with Gasteiger partial charge in [0.2, 0.25) is 0 Å². The number of halogens is 2. The fraction of sp³-hybridized carbons (Fsp3) is 1.00. The van der Waals surface area contributed by atoms with Gasteiger partial charge in [-0.05, 0) is 18.5 Å². The van der Waals surface area contributed by atoms with Crippen LogP contribution in [0.3, 0.4) is 0 Å². The van der Waals surface area contributed by atoms with E-state index in [4.69, 9.17) is 0 Å². The van der Waals surface area contributed by atoms with Crippen LogP contribution >= 0.6 is 18.5 Å². The maximum absolute atomic E-state index is 2.03. The Hall–Kier alpha value is 1.44. The molecule has 6 heavy (non-hydrogen) atoms. The van der Waals surface area contributed by atoms with Gasteiger partial charge in [0.05, 0.1) is 0 Å². The van der Waals surface area contributed by atoms with E-state index in [1.165, 1.54) is 0 Å². The molecule has 0 N–H and O–H groups in total. The van der Waals surface area contributed by atoms with Crippen molar-refractivity contribution in [3.05, 3.63) is 0 Å². The summed E-state index contributed by atoms with van der Waals surface area (Å²) in [7, 11) is 3.72. The second kappa shape index (κ2) is 91.9. The van der Waals surface area contributed by atoms with Gasteiger partial charge in [-0.2, -0.15) is 0 Å². The van der Waals surface area contributed by atoms with E-state index in [2.05, 4.69) is 0 Å². The first-order chi connectivity index (χ1) is 2.00. The maximum atomic E-state index is 2.03. The van der Waals surface area contributed by atoms with Crippen molar-refractivity contribution < 1.29 is 24.8 Å². The van der Waals surface area contributed by atoms with Crippen LogP contribution in [0.15, 0.2) is 0 Å². The van der Waals surface area contributed by atoms with Crippen LogP contribution in [0.1, 0.15) is 0 Å². The van der Waals surface area contributed by atoms with E-state index in [9.17, 15) is 0 Å². The van der Waals surface area contributed by atoms with Gasteiger partial charge in [0, 0.05) is 13.3 Å². The van der Waals surface area contributed by atoms with Crippen LogP contribution in [0.4, 0.5) is 0 Å². The highest BCUT2D eigenvalue weighted by Gasteiger charge is 1.01. The molecule has 0 nitrogen and oxygen atoms in total. The molecule has 0 amide bonds. The quantitative estimate of drug-likeness (QED) is 0.317. The Labute approximate surface area is 57.1 Å². The summed E-state index contributed by atoms with van der Waals surface area (Å²) < 4.78 is 0. The van der Waals surface area contributed by atoms with Crippen LogP contribution < -0.4 is 24.8 Å². The van der Waals surface area contributed by atoms with Gasteiger partial charge in [0.1, 0.15) is 0 Å². The Morgan fingerprint density at radius 3 is 0.667 bits per heavy atom. The molecule has 0 aliphatic rings. The van der Waals surface area contributed by atoms with E-state index in [-0.39, 0.29) is 24.8 Å². The van der Waals surface area contributed by atoms with Gasteiger partial charge >= 0.3 is 0 Å². The fourth-order valence-electron chi connectivity index (χ4n) is 0. The molecule has 0 aromatic carbocycles. The van der Waals surface area contributed by atoms with E-state index in [0.717, 1.165) is 0 Å². The largest absolute Gasteiger partial charge is 1.00 e. The van der Waals surface area contributed by atoms with Crippen molar-refractivity contribution in [2.75, 3.05) is 13.3 Å². The molecule has 0 rings (SSSR count). The summed E-state index contributed by atoms with van der Waals surface area (Å²) in [5, 5.41) is 0. The Morgan fingerprint density at radius 1 is 0.667 bits per heavy atom. The van der Waals surface area contributed by atoms with Crippen molar-refractivity contribution in [3.8, 4) is 0 Å². The van der Waals surface area contributed by atoms with Gasteiger partial charge in [-0.1, -0.05) is 0 Å². The molecule has 0 radical (unpaired) electrons. The van der Waals surface area contributed by atoms with Crippen molar-refractivity contribution in [3.63, 3.8) is 0 Å². The summed E-state index contributed by atoms with van der Waals surface area (Å²) in [4.78, 5) is 0. The van der Waals surface area contributed by atoms with Crippen LogP contribution in [0.2, 0.25) is 0 Å². The average molecular weight is 169 g/mol. The zero-order chi connectivity index (χ0) is 4.00. The van der Waals surface area contributed by atoms with E-state index in [1.54, 1.807) is 0 Å². The molecule has 2 unspecified atom stereocenters. The van der Waals surface area contributed by atoms with E-state index in [0.29, 0.717) is 0 Å². The average Bonchev–Trinajstić information content (AvgIpc) is 1.50. The van der Waals surface area contributed by atoms with Gasteiger partial charge in [-0.15, -0.1) is 0 Å². The van der Waals surface area contributed by atoms with Crippen LogP contribution in [0.25, 0.3) is 0 Å². The van der Waals surface area contributed by atoms with E-state index >= 15 is 0 Å². The van der Waals surface area contributed by atoms with Gasteiger partial charge in [0.25, 0.3) is 0 Å². The molecule has 44 valence electrons. The topological polar surface area (TPSA) is 0 Å². The predicted octanol–water partition coefficient (Wildman–Crippen LogP) is -5.54. The lowest BCUT2D eigenvalue weighted by molar-refractivity contribution is -0.001000. The first-order valence-electron chi connectivity index (χ1n) is 1.41. The third-order valence-corrected chi connectivity index (χ3v) is 0. The maximum Gasteiger partial charge on any atom is 0.0421 e. The lowest BCUT2D eigenvalue weighted by Crippen LogP contribution is -3.00. The van der Waals surface area contributed by atoms with Crippen LogP contribution in [0.5, 0.6) is 0 Å². The molecule has 0 aliphatic carbocycles. The predicted molar refractivity (Wildman–Crippen MR) is 34.1 cm³/mol. The number of hydrogen-bond donors (Lipinski definition) is 0. The normalized spacial score (nSPS) is 3.00.